The average Bonchev–Trinajstić information content (AvgIpc) is 1.83. The van der Waals surface area contributed by atoms with Crippen LogP contribution in [0.25, 0.3) is 0 Å². The molecule has 0 aliphatic heterocycles. The third-order valence-electron chi connectivity index (χ3n) is 0.568. The van der Waals surface area contributed by atoms with E-state index in [4.69, 9.17) is 0 Å². The molecule has 8 heavy (non-hydrogen) atoms. The molecule has 0 amide bonds. The van der Waals surface area contributed by atoms with Crippen molar-refractivity contribution < 1.29 is 4.84 Å². The molecule has 46 valence electrons. The lowest BCUT2D eigenvalue weighted by Crippen LogP contribution is -2.18. The van der Waals surface area contributed by atoms with E-state index in [0.29, 0.717) is 6.02 Å². The van der Waals surface area contributed by atoms with E-state index in [-0.39, 0.29) is 0 Å². The van der Waals surface area contributed by atoms with Crippen LogP contribution < -0.4 is 5.32 Å². The minimum absolute atomic E-state index is 0.361. The Morgan fingerprint density at radius 1 is 1.75 bits per heavy atom. The van der Waals surface area contributed by atoms with Gasteiger partial charge in [-0.05, 0) is 0 Å². The van der Waals surface area contributed by atoms with Crippen molar-refractivity contribution in [1.82, 2.24) is 5.32 Å². The van der Waals surface area contributed by atoms with Gasteiger partial charge in [-0.2, -0.15) is 0 Å². The Morgan fingerprint density at radius 3 is 2.50 bits per heavy atom. The Balaban J connectivity index is 3.53. The van der Waals surface area contributed by atoms with Gasteiger partial charge in [0.1, 0.15) is 0 Å². The number of rotatable bonds is 1. The highest BCUT2D eigenvalue weighted by Gasteiger charge is 1.87. The van der Waals surface area contributed by atoms with Gasteiger partial charge in [0, 0.05) is 20.8 Å². The molecular formula is C4H9N3O. The van der Waals surface area contributed by atoms with Crippen molar-refractivity contribution in [3.8, 4) is 0 Å². The van der Waals surface area contributed by atoms with Gasteiger partial charge < -0.3 is 10.2 Å². The van der Waals surface area contributed by atoms with Crippen LogP contribution in [0.4, 0.5) is 0 Å². The lowest BCUT2D eigenvalue weighted by molar-refractivity contribution is 0.317. The van der Waals surface area contributed by atoms with Gasteiger partial charge in [0.25, 0.3) is 0 Å². The summed E-state index contributed by atoms with van der Waals surface area (Å²) in [5, 5.41) is 5.78. The number of hydrogen-bond donors (Lipinski definition) is 1. The van der Waals surface area contributed by atoms with Gasteiger partial charge in [0.2, 0.25) is 0 Å². The Labute approximate surface area is 48.2 Å². The van der Waals surface area contributed by atoms with E-state index in [1.807, 2.05) is 0 Å². The molecule has 1 N–H and O–H groups in total. The molecule has 0 aromatic carbocycles. The third kappa shape index (κ3) is 2.17. The maximum Gasteiger partial charge on any atom is 0.314 e. The molecular weight excluding hydrogens is 106 g/mol. The minimum Gasteiger partial charge on any atom is -0.341 e. The van der Waals surface area contributed by atoms with E-state index < -0.39 is 0 Å². The molecule has 0 rings (SSSR count). The first kappa shape index (κ1) is 6.94. The molecule has 0 fully saturated rings. The number of oxime groups is 1. The molecule has 0 saturated carbocycles. The van der Waals surface area contributed by atoms with Crippen LogP contribution >= 0.6 is 0 Å². The summed E-state index contributed by atoms with van der Waals surface area (Å²) in [6.07, 6.45) is 0. The van der Waals surface area contributed by atoms with E-state index in [0.717, 1.165) is 0 Å². The summed E-state index contributed by atoms with van der Waals surface area (Å²) < 4.78 is 0. The molecule has 0 spiro atoms. The van der Waals surface area contributed by atoms with Crippen LogP contribution in [0.15, 0.2) is 10.1 Å². The monoisotopic (exact) mass is 115 g/mol. The second-order valence-corrected chi connectivity index (χ2v) is 0.999. The van der Waals surface area contributed by atoms with Crippen LogP contribution in [-0.4, -0.2) is 26.8 Å². The Morgan fingerprint density at radius 2 is 2.38 bits per heavy atom. The summed E-state index contributed by atoms with van der Waals surface area (Å²) in [4.78, 5) is 8.14. The van der Waals surface area contributed by atoms with Gasteiger partial charge in [-0.1, -0.05) is 5.16 Å². The van der Waals surface area contributed by atoms with Crippen molar-refractivity contribution >= 4 is 12.7 Å². The third-order valence-corrected chi connectivity index (χ3v) is 0.568. The van der Waals surface area contributed by atoms with Gasteiger partial charge in [-0.25, -0.2) is 4.99 Å². The number of amidine groups is 1. The van der Waals surface area contributed by atoms with E-state index >= 15 is 0 Å². The van der Waals surface area contributed by atoms with Crippen LogP contribution in [0.2, 0.25) is 0 Å². The molecule has 0 atom stereocenters. The Hall–Kier alpha value is -1.06. The van der Waals surface area contributed by atoms with Gasteiger partial charge >= 0.3 is 6.02 Å². The SMILES string of the molecule is C=NO/C(=N\C)NC. The number of hydrogen-bond acceptors (Lipinski definition) is 3. The van der Waals surface area contributed by atoms with Crippen LogP contribution in [-0.2, 0) is 4.84 Å². The van der Waals surface area contributed by atoms with Crippen molar-refractivity contribution in [2.45, 2.75) is 0 Å². The van der Waals surface area contributed by atoms with Gasteiger partial charge in [-0.3, -0.25) is 0 Å². The molecule has 0 radical (unpaired) electrons. The highest BCUT2D eigenvalue weighted by Crippen LogP contribution is 1.73. The summed E-state index contributed by atoms with van der Waals surface area (Å²) in [7, 11) is 3.28. The number of nitrogens with one attached hydrogen (secondary N) is 1. The van der Waals surface area contributed by atoms with E-state index in [1.54, 1.807) is 14.1 Å². The molecule has 0 heterocycles. The molecule has 0 saturated heterocycles. The molecule has 0 unspecified atom stereocenters. The molecule has 0 aliphatic carbocycles. The van der Waals surface area contributed by atoms with Gasteiger partial charge in [0.15, 0.2) is 0 Å². The zero-order chi connectivity index (χ0) is 6.41. The zero-order valence-corrected chi connectivity index (χ0v) is 5.01. The number of aliphatic imine (C=N–C) groups is 1. The van der Waals surface area contributed by atoms with Gasteiger partial charge in [0.05, 0.1) is 0 Å². The molecule has 0 aromatic heterocycles. The smallest absolute Gasteiger partial charge is 0.314 e. The van der Waals surface area contributed by atoms with E-state index in [1.165, 1.54) is 0 Å². The molecule has 4 nitrogen and oxygen atoms in total. The summed E-state index contributed by atoms with van der Waals surface area (Å²) >= 11 is 0. The Bertz CT molecular complexity index is 99.5. The zero-order valence-electron chi connectivity index (χ0n) is 5.01. The van der Waals surface area contributed by atoms with Crippen LogP contribution in [0, 0.1) is 0 Å². The maximum atomic E-state index is 4.49. The number of nitrogens with zero attached hydrogens (tertiary/aromatic N) is 2. The van der Waals surface area contributed by atoms with Gasteiger partial charge in [-0.15, -0.1) is 0 Å². The van der Waals surface area contributed by atoms with E-state index in [9.17, 15) is 0 Å². The molecule has 0 bridgehead atoms. The summed E-state index contributed by atoms with van der Waals surface area (Å²) in [6, 6.07) is 0.361. The van der Waals surface area contributed by atoms with Crippen molar-refractivity contribution in [3.05, 3.63) is 0 Å². The Kier molecular flexibility index (Phi) is 3.56. The molecule has 0 aromatic rings. The largest absolute Gasteiger partial charge is 0.341 e. The van der Waals surface area contributed by atoms with Crippen LogP contribution in [0.1, 0.15) is 0 Å². The fourth-order valence-electron chi connectivity index (χ4n) is 0.259. The summed E-state index contributed by atoms with van der Waals surface area (Å²) in [6.45, 7) is 3.10. The first-order chi connectivity index (χ1) is 3.85. The molecule has 4 heteroatoms. The quantitative estimate of drug-likeness (QED) is 0.293. The second kappa shape index (κ2) is 4.11. The van der Waals surface area contributed by atoms with E-state index in [2.05, 4.69) is 27.0 Å². The van der Waals surface area contributed by atoms with Crippen molar-refractivity contribution in [2.75, 3.05) is 14.1 Å². The normalized spacial score (nSPS) is 10.5. The topological polar surface area (TPSA) is 46.0 Å². The predicted octanol–water partition coefficient (Wildman–Crippen LogP) is -0.176. The first-order valence-corrected chi connectivity index (χ1v) is 2.12. The summed E-state index contributed by atoms with van der Waals surface area (Å²) in [5.41, 5.74) is 0. The minimum atomic E-state index is 0.361. The van der Waals surface area contributed by atoms with Crippen LogP contribution in [0.5, 0.6) is 0 Å². The lowest BCUT2D eigenvalue weighted by atomic mass is 11.0. The maximum absolute atomic E-state index is 4.49. The fraction of sp³-hybridized carbons (Fsp3) is 0.500. The lowest BCUT2D eigenvalue weighted by Gasteiger charge is -1.96. The van der Waals surface area contributed by atoms with Crippen molar-refractivity contribution in [2.24, 2.45) is 10.1 Å². The standard InChI is InChI=1S/C4H9N3O/c1-5-4(6-2)8-7-3/h3H2,1-2H3,(H,5,6). The van der Waals surface area contributed by atoms with Crippen molar-refractivity contribution in [3.63, 3.8) is 0 Å². The predicted molar refractivity (Wildman–Crippen MR) is 33.1 cm³/mol. The molecule has 0 aliphatic rings. The van der Waals surface area contributed by atoms with Crippen molar-refractivity contribution in [1.29, 1.82) is 0 Å². The van der Waals surface area contributed by atoms with Crippen LogP contribution in [0.3, 0.4) is 0 Å². The highest BCUT2D eigenvalue weighted by atomic mass is 16.6. The average molecular weight is 115 g/mol. The summed E-state index contributed by atoms with van der Waals surface area (Å²) in [5.74, 6) is 0. The second-order valence-electron chi connectivity index (χ2n) is 0.999. The highest BCUT2D eigenvalue weighted by molar-refractivity contribution is 5.72. The first-order valence-electron chi connectivity index (χ1n) is 2.12. The fourth-order valence-corrected chi connectivity index (χ4v) is 0.259.